The molecule has 0 saturated carbocycles. The lowest BCUT2D eigenvalue weighted by Crippen LogP contribution is -2.22. The molecule has 0 aliphatic heterocycles. The summed E-state index contributed by atoms with van der Waals surface area (Å²) >= 11 is 0.904. The fourth-order valence-electron chi connectivity index (χ4n) is 1.52. The number of alkyl halides is 3. The standard InChI is InChI=1S/C11H13F3N2S/c1-3-5-16(4-2)10-6-8(11(12,13)14)9(7-15)17-10/h6H,3-5H2,1-2H3. The maximum absolute atomic E-state index is 12.6. The van der Waals surface area contributed by atoms with Gasteiger partial charge in [-0.3, -0.25) is 0 Å². The van der Waals surface area contributed by atoms with Gasteiger partial charge in [-0.25, -0.2) is 0 Å². The average Bonchev–Trinajstić information content (AvgIpc) is 2.69. The molecule has 2 nitrogen and oxygen atoms in total. The Labute approximate surface area is 102 Å². The summed E-state index contributed by atoms with van der Waals surface area (Å²) in [4.78, 5) is 1.59. The second-order valence-corrected chi connectivity index (χ2v) is 4.55. The Morgan fingerprint density at radius 3 is 2.41 bits per heavy atom. The van der Waals surface area contributed by atoms with Crippen molar-refractivity contribution in [1.82, 2.24) is 0 Å². The van der Waals surface area contributed by atoms with Crippen molar-refractivity contribution in [2.24, 2.45) is 0 Å². The second kappa shape index (κ2) is 5.41. The van der Waals surface area contributed by atoms with Crippen molar-refractivity contribution in [2.45, 2.75) is 26.4 Å². The van der Waals surface area contributed by atoms with Gasteiger partial charge in [0.05, 0.1) is 10.6 Å². The van der Waals surface area contributed by atoms with Crippen LogP contribution >= 0.6 is 11.3 Å². The average molecular weight is 262 g/mol. The quantitative estimate of drug-likeness (QED) is 0.823. The van der Waals surface area contributed by atoms with Crippen molar-refractivity contribution >= 4 is 16.3 Å². The second-order valence-electron chi connectivity index (χ2n) is 3.52. The molecule has 0 amide bonds. The Balaban J connectivity index is 3.13. The van der Waals surface area contributed by atoms with Crippen molar-refractivity contribution in [1.29, 1.82) is 5.26 Å². The number of nitrogens with zero attached hydrogens (tertiary/aromatic N) is 2. The first-order valence-electron chi connectivity index (χ1n) is 5.30. The van der Waals surface area contributed by atoms with Gasteiger partial charge in [-0.2, -0.15) is 18.4 Å². The first-order valence-corrected chi connectivity index (χ1v) is 6.11. The summed E-state index contributed by atoms with van der Waals surface area (Å²) in [7, 11) is 0. The number of nitriles is 1. The van der Waals surface area contributed by atoms with E-state index in [1.165, 1.54) is 0 Å². The van der Waals surface area contributed by atoms with Gasteiger partial charge in [0.1, 0.15) is 10.9 Å². The smallest absolute Gasteiger partial charge is 0.364 e. The topological polar surface area (TPSA) is 27.0 Å². The van der Waals surface area contributed by atoms with Crippen molar-refractivity contribution in [3.05, 3.63) is 16.5 Å². The molecule has 0 fully saturated rings. The van der Waals surface area contributed by atoms with Crippen LogP contribution in [0.2, 0.25) is 0 Å². The number of halogens is 3. The zero-order valence-electron chi connectivity index (χ0n) is 9.64. The molecule has 0 aliphatic rings. The summed E-state index contributed by atoms with van der Waals surface area (Å²) in [5.74, 6) is 0. The Kier molecular flexibility index (Phi) is 4.40. The van der Waals surface area contributed by atoms with Crippen molar-refractivity contribution < 1.29 is 13.2 Å². The molecule has 0 bridgehead atoms. The van der Waals surface area contributed by atoms with Crippen LogP contribution in [0.25, 0.3) is 0 Å². The van der Waals surface area contributed by atoms with Gasteiger partial charge in [-0.05, 0) is 19.4 Å². The van der Waals surface area contributed by atoms with Crippen LogP contribution < -0.4 is 4.90 Å². The van der Waals surface area contributed by atoms with E-state index in [1.807, 2.05) is 18.7 Å². The molecule has 0 radical (unpaired) electrons. The zero-order valence-corrected chi connectivity index (χ0v) is 10.5. The van der Waals surface area contributed by atoms with Crippen LogP contribution in [0.4, 0.5) is 18.2 Å². The lowest BCUT2D eigenvalue weighted by atomic mass is 10.2. The molecule has 0 aromatic carbocycles. The van der Waals surface area contributed by atoms with Crippen LogP contribution in [0.15, 0.2) is 6.07 Å². The van der Waals surface area contributed by atoms with Crippen molar-refractivity contribution in [2.75, 3.05) is 18.0 Å². The van der Waals surface area contributed by atoms with E-state index in [0.717, 1.165) is 23.8 Å². The predicted octanol–water partition coefficient (Wildman–Crippen LogP) is 3.87. The van der Waals surface area contributed by atoms with E-state index in [-0.39, 0.29) is 4.88 Å². The van der Waals surface area contributed by atoms with Crippen LogP contribution in [-0.4, -0.2) is 13.1 Å². The molecule has 0 spiro atoms. The van der Waals surface area contributed by atoms with Gasteiger partial charge in [0.15, 0.2) is 0 Å². The van der Waals surface area contributed by atoms with Gasteiger partial charge in [-0.1, -0.05) is 6.92 Å². The molecule has 1 aromatic rings. The SMILES string of the molecule is CCCN(CC)c1cc(C(F)(F)F)c(C#N)s1. The van der Waals surface area contributed by atoms with E-state index in [4.69, 9.17) is 5.26 Å². The summed E-state index contributed by atoms with van der Waals surface area (Å²) in [5.41, 5.74) is -0.824. The predicted molar refractivity (Wildman–Crippen MR) is 62.2 cm³/mol. The van der Waals surface area contributed by atoms with Crippen molar-refractivity contribution in [3.63, 3.8) is 0 Å². The van der Waals surface area contributed by atoms with Gasteiger partial charge in [0, 0.05) is 13.1 Å². The maximum atomic E-state index is 12.6. The fourth-order valence-corrected chi connectivity index (χ4v) is 2.59. The molecular weight excluding hydrogens is 249 g/mol. The highest BCUT2D eigenvalue weighted by Gasteiger charge is 2.36. The highest BCUT2D eigenvalue weighted by molar-refractivity contribution is 7.16. The van der Waals surface area contributed by atoms with Crippen molar-refractivity contribution in [3.8, 4) is 6.07 Å². The normalized spacial score (nSPS) is 11.3. The highest BCUT2D eigenvalue weighted by Crippen LogP contribution is 2.39. The highest BCUT2D eigenvalue weighted by atomic mass is 32.1. The molecular formula is C11H13F3N2S. The molecule has 0 saturated heterocycles. The van der Waals surface area contributed by atoms with E-state index < -0.39 is 11.7 Å². The van der Waals surface area contributed by atoms with E-state index in [9.17, 15) is 13.2 Å². The third-order valence-electron chi connectivity index (χ3n) is 2.31. The number of hydrogen-bond donors (Lipinski definition) is 0. The van der Waals surface area contributed by atoms with E-state index in [1.54, 1.807) is 6.07 Å². The lowest BCUT2D eigenvalue weighted by molar-refractivity contribution is -0.137. The summed E-state index contributed by atoms with van der Waals surface area (Å²) in [6.07, 6.45) is -3.60. The van der Waals surface area contributed by atoms with Crippen LogP contribution in [0.3, 0.4) is 0 Å². The Hall–Kier alpha value is -1.22. The summed E-state index contributed by atoms with van der Waals surface area (Å²) < 4.78 is 37.9. The monoisotopic (exact) mass is 262 g/mol. The van der Waals surface area contributed by atoms with Gasteiger partial charge in [0.2, 0.25) is 0 Å². The van der Waals surface area contributed by atoms with Crippen LogP contribution in [0.5, 0.6) is 0 Å². The molecule has 0 atom stereocenters. The minimum absolute atomic E-state index is 0.262. The van der Waals surface area contributed by atoms with Gasteiger partial charge < -0.3 is 4.90 Å². The molecule has 94 valence electrons. The minimum atomic E-state index is -4.45. The third kappa shape index (κ3) is 3.13. The third-order valence-corrected chi connectivity index (χ3v) is 3.41. The molecule has 17 heavy (non-hydrogen) atoms. The number of hydrogen-bond acceptors (Lipinski definition) is 3. The number of anilines is 1. The number of thiophene rings is 1. The zero-order chi connectivity index (χ0) is 13.1. The molecule has 1 rings (SSSR count). The van der Waals surface area contributed by atoms with Crippen LogP contribution in [0, 0.1) is 11.3 Å². The Bertz CT molecular complexity index is 417. The van der Waals surface area contributed by atoms with E-state index in [2.05, 4.69) is 0 Å². The van der Waals surface area contributed by atoms with Crippen LogP contribution in [0.1, 0.15) is 30.7 Å². The van der Waals surface area contributed by atoms with E-state index >= 15 is 0 Å². The van der Waals surface area contributed by atoms with Gasteiger partial charge in [-0.15, -0.1) is 11.3 Å². The minimum Gasteiger partial charge on any atom is -0.364 e. The summed E-state index contributed by atoms with van der Waals surface area (Å²) in [6, 6.07) is 2.69. The molecule has 0 aliphatic carbocycles. The first-order chi connectivity index (χ1) is 7.93. The lowest BCUT2D eigenvalue weighted by Gasteiger charge is -2.19. The summed E-state index contributed by atoms with van der Waals surface area (Å²) in [6.45, 7) is 5.18. The maximum Gasteiger partial charge on any atom is 0.418 e. The fraction of sp³-hybridized carbons (Fsp3) is 0.545. The summed E-state index contributed by atoms with van der Waals surface area (Å²) in [5, 5.41) is 9.23. The molecule has 1 aromatic heterocycles. The first kappa shape index (κ1) is 13.8. The van der Waals surface area contributed by atoms with Gasteiger partial charge in [0.25, 0.3) is 0 Å². The van der Waals surface area contributed by atoms with E-state index in [0.29, 0.717) is 18.1 Å². The number of rotatable bonds is 4. The Morgan fingerprint density at radius 1 is 1.41 bits per heavy atom. The molecule has 1 heterocycles. The van der Waals surface area contributed by atoms with Crippen LogP contribution in [-0.2, 0) is 6.18 Å². The molecule has 0 unspecified atom stereocenters. The molecule has 0 N–H and O–H groups in total. The largest absolute Gasteiger partial charge is 0.418 e. The Morgan fingerprint density at radius 2 is 2.06 bits per heavy atom. The van der Waals surface area contributed by atoms with Gasteiger partial charge >= 0.3 is 6.18 Å². The molecule has 6 heteroatoms.